The van der Waals surface area contributed by atoms with E-state index in [0.717, 1.165) is 25.7 Å². The van der Waals surface area contributed by atoms with Gasteiger partial charge in [-0.2, -0.15) is 0 Å². The van der Waals surface area contributed by atoms with E-state index >= 15 is 0 Å². The Kier molecular flexibility index (Phi) is 7.60. The van der Waals surface area contributed by atoms with E-state index in [2.05, 4.69) is 6.08 Å². The maximum Gasteiger partial charge on any atom is 0.237 e. The van der Waals surface area contributed by atoms with Crippen molar-refractivity contribution in [3.8, 4) is 0 Å². The van der Waals surface area contributed by atoms with Gasteiger partial charge >= 0.3 is 0 Å². The van der Waals surface area contributed by atoms with Crippen LogP contribution in [0, 0.1) is 0 Å². The van der Waals surface area contributed by atoms with E-state index in [0.29, 0.717) is 12.8 Å². The number of unbranched alkanes of at least 4 members (excludes halogenated alkanes) is 1. The fourth-order valence-electron chi connectivity index (χ4n) is 1.90. The molecule has 0 aromatic rings. The van der Waals surface area contributed by atoms with Gasteiger partial charge in [-0.3, -0.25) is 9.59 Å². The molecule has 2 atom stereocenters. The van der Waals surface area contributed by atoms with Crippen molar-refractivity contribution in [3.63, 3.8) is 0 Å². The summed E-state index contributed by atoms with van der Waals surface area (Å²) in [5.41, 5.74) is 21.4. The Balaban J connectivity index is 4.01. The number of allylic oxidation sites excluding steroid dienone is 2. The van der Waals surface area contributed by atoms with Crippen LogP contribution in [0.25, 0.3) is 0 Å². The van der Waals surface area contributed by atoms with Crippen LogP contribution in [-0.4, -0.2) is 22.9 Å². The molecule has 0 aliphatic heterocycles. The molecule has 0 rings (SSSR count). The number of amides is 2. The van der Waals surface area contributed by atoms with Crippen LogP contribution in [-0.2, 0) is 9.59 Å². The Morgan fingerprint density at radius 2 is 1.38 bits per heavy atom. The molecule has 122 valence electrons. The van der Waals surface area contributed by atoms with Gasteiger partial charge in [0.05, 0.1) is 11.1 Å². The van der Waals surface area contributed by atoms with Gasteiger partial charge in [0.1, 0.15) is 0 Å². The van der Waals surface area contributed by atoms with Crippen molar-refractivity contribution in [1.29, 1.82) is 0 Å². The maximum atomic E-state index is 11.1. The highest BCUT2D eigenvalue weighted by Gasteiger charge is 2.25. The van der Waals surface area contributed by atoms with Crippen molar-refractivity contribution in [3.05, 3.63) is 11.6 Å². The molecule has 8 N–H and O–H groups in total. The van der Waals surface area contributed by atoms with Gasteiger partial charge < -0.3 is 22.9 Å². The summed E-state index contributed by atoms with van der Waals surface area (Å²) in [6.45, 7) is 5.34. The fourth-order valence-corrected chi connectivity index (χ4v) is 1.90. The number of primary amides is 2. The summed E-state index contributed by atoms with van der Waals surface area (Å²) in [4.78, 5) is 22.2. The lowest BCUT2D eigenvalue weighted by atomic mass is 9.93. The first-order valence-electron chi connectivity index (χ1n) is 7.32. The van der Waals surface area contributed by atoms with Crippen LogP contribution < -0.4 is 22.9 Å². The molecule has 0 aromatic heterocycles. The Hall–Kier alpha value is -1.40. The minimum Gasteiger partial charge on any atom is -0.368 e. The molecule has 2 amide bonds. The highest BCUT2D eigenvalue weighted by Crippen LogP contribution is 2.16. The molecular weight excluding hydrogens is 268 g/mol. The van der Waals surface area contributed by atoms with Gasteiger partial charge in [-0.05, 0) is 59.3 Å². The van der Waals surface area contributed by atoms with Crippen molar-refractivity contribution in [2.75, 3.05) is 0 Å². The molecule has 0 heterocycles. The van der Waals surface area contributed by atoms with Crippen LogP contribution in [0.2, 0.25) is 0 Å². The molecule has 0 aliphatic rings. The highest BCUT2D eigenvalue weighted by atomic mass is 16.2. The Bertz CT molecular complexity index is 400. The summed E-state index contributed by atoms with van der Waals surface area (Å²) in [6, 6.07) is 0. The van der Waals surface area contributed by atoms with Crippen LogP contribution in [0.1, 0.15) is 59.3 Å². The van der Waals surface area contributed by atoms with E-state index in [4.69, 9.17) is 22.9 Å². The second kappa shape index (κ2) is 8.14. The Labute approximate surface area is 127 Å². The number of carbonyl (C=O) groups excluding carboxylic acids is 2. The van der Waals surface area contributed by atoms with Crippen LogP contribution in [0.4, 0.5) is 0 Å². The van der Waals surface area contributed by atoms with E-state index < -0.39 is 22.9 Å². The van der Waals surface area contributed by atoms with Crippen LogP contribution in [0.15, 0.2) is 11.6 Å². The largest absolute Gasteiger partial charge is 0.368 e. The van der Waals surface area contributed by atoms with Gasteiger partial charge in [-0.15, -0.1) is 0 Å². The zero-order chi connectivity index (χ0) is 16.7. The molecule has 0 aliphatic carbocycles. The van der Waals surface area contributed by atoms with E-state index in [1.54, 1.807) is 13.8 Å². The lowest BCUT2D eigenvalue weighted by Gasteiger charge is -2.20. The third kappa shape index (κ3) is 7.82. The minimum absolute atomic E-state index is 0.474. The predicted octanol–water partition coefficient (Wildman–Crippen LogP) is 0.679. The molecule has 0 aromatic carbocycles. The van der Waals surface area contributed by atoms with E-state index in [-0.39, 0.29) is 0 Å². The first-order chi connectivity index (χ1) is 9.49. The molecule has 0 radical (unpaired) electrons. The van der Waals surface area contributed by atoms with Crippen LogP contribution >= 0.6 is 0 Å². The molecule has 6 nitrogen and oxygen atoms in total. The molecule has 0 bridgehead atoms. The fraction of sp³-hybridized carbons (Fsp3) is 0.733. The topological polar surface area (TPSA) is 138 Å². The quantitative estimate of drug-likeness (QED) is 0.348. The molecule has 0 spiro atoms. The van der Waals surface area contributed by atoms with Crippen LogP contribution in [0.5, 0.6) is 0 Å². The number of hydrogen-bond donors (Lipinski definition) is 4. The summed E-state index contributed by atoms with van der Waals surface area (Å²) in [6.07, 6.45) is 6.59. The lowest BCUT2D eigenvalue weighted by Crippen LogP contribution is -2.49. The van der Waals surface area contributed by atoms with Gasteiger partial charge in [0, 0.05) is 0 Å². The number of hydrogen-bond acceptors (Lipinski definition) is 4. The Morgan fingerprint density at radius 1 is 0.952 bits per heavy atom. The number of carbonyl (C=O) groups is 2. The molecule has 0 saturated carbocycles. The second-order valence-corrected chi connectivity index (χ2v) is 6.36. The molecule has 0 saturated heterocycles. The summed E-state index contributed by atoms with van der Waals surface area (Å²) >= 11 is 0. The molecular formula is C15H30N4O2. The summed E-state index contributed by atoms with van der Waals surface area (Å²) < 4.78 is 0. The zero-order valence-corrected chi connectivity index (χ0v) is 13.4. The maximum absolute atomic E-state index is 11.1. The molecule has 6 heteroatoms. The SMILES string of the molecule is C/C(=C\CCC[C@](C)(N)C(N)=O)CCC[C@](C)(N)C(N)=O. The third-order valence-electron chi connectivity index (χ3n) is 3.79. The molecule has 0 fully saturated rings. The van der Waals surface area contributed by atoms with E-state index in [1.807, 2.05) is 6.92 Å². The number of nitrogens with two attached hydrogens (primary N) is 4. The van der Waals surface area contributed by atoms with Gasteiger partial charge in [0.15, 0.2) is 0 Å². The Morgan fingerprint density at radius 3 is 1.81 bits per heavy atom. The minimum atomic E-state index is -0.941. The highest BCUT2D eigenvalue weighted by molar-refractivity contribution is 5.84. The van der Waals surface area contributed by atoms with Crippen molar-refractivity contribution >= 4 is 11.8 Å². The summed E-state index contributed by atoms with van der Waals surface area (Å²) in [7, 11) is 0. The zero-order valence-electron chi connectivity index (χ0n) is 13.4. The van der Waals surface area contributed by atoms with Gasteiger partial charge in [0.2, 0.25) is 11.8 Å². The van der Waals surface area contributed by atoms with E-state index in [9.17, 15) is 9.59 Å². The van der Waals surface area contributed by atoms with Crippen molar-refractivity contribution in [2.24, 2.45) is 22.9 Å². The van der Waals surface area contributed by atoms with Crippen molar-refractivity contribution in [2.45, 2.75) is 70.4 Å². The molecule has 0 unspecified atom stereocenters. The predicted molar refractivity (Wildman–Crippen MR) is 85.0 cm³/mol. The molecule has 21 heavy (non-hydrogen) atoms. The van der Waals surface area contributed by atoms with Gasteiger partial charge in [-0.25, -0.2) is 0 Å². The van der Waals surface area contributed by atoms with Gasteiger partial charge in [-0.1, -0.05) is 11.6 Å². The number of rotatable bonds is 10. The first kappa shape index (κ1) is 19.6. The normalized spacial score (nSPS) is 17.9. The van der Waals surface area contributed by atoms with Crippen LogP contribution in [0.3, 0.4) is 0 Å². The average Bonchev–Trinajstić information content (AvgIpc) is 2.34. The van der Waals surface area contributed by atoms with Crippen molar-refractivity contribution in [1.82, 2.24) is 0 Å². The lowest BCUT2D eigenvalue weighted by molar-refractivity contribution is -0.123. The third-order valence-corrected chi connectivity index (χ3v) is 3.79. The first-order valence-corrected chi connectivity index (χ1v) is 7.32. The van der Waals surface area contributed by atoms with Crippen molar-refractivity contribution < 1.29 is 9.59 Å². The summed E-state index contributed by atoms with van der Waals surface area (Å²) in [5.74, 6) is -0.949. The van der Waals surface area contributed by atoms with E-state index in [1.165, 1.54) is 5.57 Å². The second-order valence-electron chi connectivity index (χ2n) is 6.36. The average molecular weight is 298 g/mol. The standard InChI is InChI=1S/C15H30N4O2/c1-11(8-6-10-15(3,19)13(17)21)7-4-5-9-14(2,18)12(16)20/h7H,4-6,8-10,18-19H2,1-3H3,(H2,16,20)(H2,17,21)/b11-7+/t14-,15-/m0/s1. The van der Waals surface area contributed by atoms with Gasteiger partial charge in [0.25, 0.3) is 0 Å². The summed E-state index contributed by atoms with van der Waals surface area (Å²) in [5, 5.41) is 0. The monoisotopic (exact) mass is 298 g/mol. The smallest absolute Gasteiger partial charge is 0.237 e.